The van der Waals surface area contributed by atoms with Gasteiger partial charge in [-0.25, -0.2) is 4.79 Å². The molecule has 0 fully saturated rings. The fourth-order valence-corrected chi connectivity index (χ4v) is 1.40. The Morgan fingerprint density at radius 3 is 2.45 bits per heavy atom. The lowest BCUT2D eigenvalue weighted by Gasteiger charge is -2.23. The Bertz CT molecular complexity index is 498. The Balaban J connectivity index is 2.68. The molecular formula is C14H19NO5. The lowest BCUT2D eigenvalue weighted by Crippen LogP contribution is -2.53. The molecule has 0 saturated carbocycles. The summed E-state index contributed by atoms with van der Waals surface area (Å²) in [7, 11) is 1.53. The minimum atomic E-state index is -1.34. The maximum Gasteiger partial charge on any atom is 0.328 e. The van der Waals surface area contributed by atoms with Crippen molar-refractivity contribution in [3.05, 3.63) is 24.3 Å². The van der Waals surface area contributed by atoms with E-state index in [2.05, 4.69) is 5.32 Å². The van der Waals surface area contributed by atoms with Gasteiger partial charge >= 0.3 is 5.97 Å². The van der Waals surface area contributed by atoms with Crippen LogP contribution in [0.2, 0.25) is 0 Å². The number of ether oxygens (including phenoxy) is 2. The van der Waals surface area contributed by atoms with Crippen LogP contribution in [-0.2, 0) is 9.59 Å². The fraction of sp³-hybridized carbons (Fsp3) is 0.429. The van der Waals surface area contributed by atoms with Gasteiger partial charge in [0.05, 0.1) is 7.11 Å². The molecule has 0 aliphatic rings. The van der Waals surface area contributed by atoms with Gasteiger partial charge in [0.25, 0.3) is 5.91 Å². The second-order valence-corrected chi connectivity index (χ2v) is 4.86. The van der Waals surface area contributed by atoms with Crippen LogP contribution < -0.4 is 14.8 Å². The van der Waals surface area contributed by atoms with Crippen molar-refractivity contribution in [3.63, 3.8) is 0 Å². The fourth-order valence-electron chi connectivity index (χ4n) is 1.40. The molecule has 1 amide bonds. The third kappa shape index (κ3) is 4.15. The first-order valence-electron chi connectivity index (χ1n) is 6.12. The summed E-state index contributed by atoms with van der Waals surface area (Å²) in [6.07, 6.45) is -0.819. The summed E-state index contributed by atoms with van der Waals surface area (Å²) >= 11 is 0. The first-order valence-corrected chi connectivity index (χ1v) is 6.12. The van der Waals surface area contributed by atoms with E-state index in [0.29, 0.717) is 11.5 Å². The molecule has 0 radical (unpaired) electrons. The maximum absolute atomic E-state index is 11.9. The first kappa shape index (κ1) is 15.8. The molecule has 1 rings (SSSR count). The van der Waals surface area contributed by atoms with Crippen LogP contribution in [0.5, 0.6) is 11.5 Å². The highest BCUT2D eigenvalue weighted by atomic mass is 16.5. The molecule has 20 heavy (non-hydrogen) atoms. The minimum absolute atomic E-state index is 0.472. The van der Waals surface area contributed by atoms with Crippen molar-refractivity contribution in [2.75, 3.05) is 7.11 Å². The molecule has 0 aliphatic carbocycles. The van der Waals surface area contributed by atoms with Crippen molar-refractivity contribution in [1.82, 2.24) is 5.32 Å². The van der Waals surface area contributed by atoms with Crippen LogP contribution in [0.3, 0.4) is 0 Å². The zero-order valence-electron chi connectivity index (χ0n) is 12.0. The molecule has 0 aliphatic heterocycles. The number of rotatable bonds is 6. The number of amides is 1. The molecule has 0 saturated heterocycles. The highest BCUT2D eigenvalue weighted by molar-refractivity contribution is 5.88. The third-order valence-electron chi connectivity index (χ3n) is 2.69. The molecule has 0 spiro atoms. The monoisotopic (exact) mass is 281 g/mol. The number of methoxy groups -OCH3 is 1. The van der Waals surface area contributed by atoms with Gasteiger partial charge in [-0.15, -0.1) is 0 Å². The summed E-state index contributed by atoms with van der Waals surface area (Å²) in [6, 6.07) is 6.83. The molecule has 1 unspecified atom stereocenters. The number of carboxylic acids is 1. The number of aliphatic carboxylic acids is 1. The Labute approximate surface area is 117 Å². The van der Waals surface area contributed by atoms with E-state index in [0.717, 1.165) is 0 Å². The summed E-state index contributed by atoms with van der Waals surface area (Å²) in [5.41, 5.74) is -1.34. The molecule has 6 nitrogen and oxygen atoms in total. The van der Waals surface area contributed by atoms with Crippen LogP contribution in [0.15, 0.2) is 24.3 Å². The number of carbonyl (C=O) groups is 2. The molecular weight excluding hydrogens is 262 g/mol. The Kier molecular flexibility index (Phi) is 4.96. The van der Waals surface area contributed by atoms with Gasteiger partial charge in [-0.2, -0.15) is 0 Å². The van der Waals surface area contributed by atoms with E-state index in [1.807, 2.05) is 0 Å². The highest BCUT2D eigenvalue weighted by Gasteiger charge is 2.31. The maximum atomic E-state index is 11.9. The normalized spacial score (nSPS) is 12.4. The minimum Gasteiger partial charge on any atom is -0.497 e. The third-order valence-corrected chi connectivity index (χ3v) is 2.69. The van der Waals surface area contributed by atoms with Gasteiger partial charge in [0.1, 0.15) is 17.0 Å². The van der Waals surface area contributed by atoms with E-state index in [-0.39, 0.29) is 0 Å². The van der Waals surface area contributed by atoms with Crippen molar-refractivity contribution in [2.24, 2.45) is 0 Å². The van der Waals surface area contributed by atoms with Crippen LogP contribution in [0.25, 0.3) is 0 Å². The molecule has 2 N–H and O–H groups in total. The van der Waals surface area contributed by atoms with Crippen molar-refractivity contribution >= 4 is 11.9 Å². The van der Waals surface area contributed by atoms with Crippen molar-refractivity contribution in [1.29, 1.82) is 0 Å². The van der Waals surface area contributed by atoms with Gasteiger partial charge in [-0.1, -0.05) is 6.07 Å². The van der Waals surface area contributed by atoms with E-state index in [1.165, 1.54) is 21.0 Å². The summed E-state index contributed by atoms with van der Waals surface area (Å²) < 4.78 is 10.5. The first-order chi connectivity index (χ1) is 9.26. The summed E-state index contributed by atoms with van der Waals surface area (Å²) in [5, 5.41) is 11.4. The largest absolute Gasteiger partial charge is 0.497 e. The summed E-state index contributed by atoms with van der Waals surface area (Å²) in [5.74, 6) is -0.527. The topological polar surface area (TPSA) is 84.9 Å². The number of carboxylic acid groups (broad SMARTS) is 1. The molecule has 1 aromatic carbocycles. The van der Waals surface area contributed by atoms with Crippen LogP contribution >= 0.6 is 0 Å². The SMILES string of the molecule is COc1cccc(OC(C)C(=O)NC(C)(C)C(=O)O)c1. The number of hydrogen-bond acceptors (Lipinski definition) is 4. The second-order valence-electron chi connectivity index (χ2n) is 4.86. The van der Waals surface area contributed by atoms with Crippen molar-refractivity contribution in [3.8, 4) is 11.5 Å². The summed E-state index contributed by atoms with van der Waals surface area (Å²) in [6.45, 7) is 4.36. The Morgan fingerprint density at radius 2 is 1.90 bits per heavy atom. The van der Waals surface area contributed by atoms with Gasteiger partial charge in [0, 0.05) is 6.07 Å². The van der Waals surface area contributed by atoms with E-state index < -0.39 is 23.5 Å². The van der Waals surface area contributed by atoms with Crippen molar-refractivity contribution < 1.29 is 24.2 Å². The van der Waals surface area contributed by atoms with Crippen LogP contribution in [0.4, 0.5) is 0 Å². The standard InChI is InChI=1S/C14H19NO5/c1-9(12(16)15-14(2,3)13(17)18)20-11-7-5-6-10(8-11)19-4/h5-9H,1-4H3,(H,15,16)(H,17,18). The van der Waals surface area contributed by atoms with Gasteiger partial charge < -0.3 is 19.9 Å². The number of nitrogens with one attached hydrogen (secondary N) is 1. The molecule has 0 aromatic heterocycles. The van der Waals surface area contributed by atoms with Crippen LogP contribution in [-0.4, -0.2) is 35.7 Å². The molecule has 6 heteroatoms. The zero-order valence-corrected chi connectivity index (χ0v) is 12.0. The van der Waals surface area contributed by atoms with Gasteiger partial charge in [0.2, 0.25) is 0 Å². The Morgan fingerprint density at radius 1 is 1.30 bits per heavy atom. The van der Waals surface area contributed by atoms with Crippen molar-refractivity contribution in [2.45, 2.75) is 32.4 Å². The van der Waals surface area contributed by atoms with Gasteiger partial charge in [0.15, 0.2) is 6.10 Å². The molecule has 0 bridgehead atoms. The van der Waals surface area contributed by atoms with E-state index in [9.17, 15) is 9.59 Å². The average molecular weight is 281 g/mol. The number of hydrogen-bond donors (Lipinski definition) is 2. The molecule has 1 aromatic rings. The summed E-state index contributed by atoms with van der Waals surface area (Å²) in [4.78, 5) is 22.8. The smallest absolute Gasteiger partial charge is 0.328 e. The van der Waals surface area contributed by atoms with E-state index in [4.69, 9.17) is 14.6 Å². The quantitative estimate of drug-likeness (QED) is 0.824. The van der Waals surface area contributed by atoms with E-state index in [1.54, 1.807) is 31.2 Å². The Hall–Kier alpha value is -2.24. The predicted octanol–water partition coefficient (Wildman–Crippen LogP) is 1.44. The highest BCUT2D eigenvalue weighted by Crippen LogP contribution is 2.20. The van der Waals surface area contributed by atoms with E-state index >= 15 is 0 Å². The molecule has 1 atom stereocenters. The average Bonchev–Trinajstić information content (AvgIpc) is 2.38. The second kappa shape index (κ2) is 6.27. The molecule has 110 valence electrons. The lowest BCUT2D eigenvalue weighted by molar-refractivity contribution is -0.147. The van der Waals surface area contributed by atoms with Crippen LogP contribution in [0.1, 0.15) is 20.8 Å². The number of carbonyl (C=O) groups excluding carboxylic acids is 1. The van der Waals surface area contributed by atoms with Gasteiger partial charge in [-0.05, 0) is 32.9 Å². The zero-order chi connectivity index (χ0) is 15.3. The predicted molar refractivity (Wildman–Crippen MR) is 72.9 cm³/mol. The lowest BCUT2D eigenvalue weighted by atomic mass is 10.1. The molecule has 0 heterocycles. The van der Waals surface area contributed by atoms with Gasteiger partial charge in [-0.3, -0.25) is 4.79 Å². The van der Waals surface area contributed by atoms with Crippen LogP contribution in [0, 0.1) is 0 Å². The number of benzene rings is 1.